The lowest BCUT2D eigenvalue weighted by Gasteiger charge is -2.28. The Morgan fingerprint density at radius 3 is 2.32 bits per heavy atom. The topological polar surface area (TPSA) is 75.6 Å². The van der Waals surface area contributed by atoms with Crippen molar-refractivity contribution in [2.75, 3.05) is 0 Å². The second kappa shape index (κ2) is 5.12. The Balaban J connectivity index is 1.47. The normalized spacial score (nSPS) is 41.2. The molecule has 19 heavy (non-hydrogen) atoms. The molecule has 3 aliphatic rings. The fourth-order valence-corrected chi connectivity index (χ4v) is 3.71. The number of rotatable bonds is 3. The summed E-state index contributed by atoms with van der Waals surface area (Å²) in [5, 5.41) is 12.0. The third-order valence-corrected chi connectivity index (χ3v) is 4.87. The molecule has 5 nitrogen and oxygen atoms in total. The van der Waals surface area contributed by atoms with E-state index in [0.29, 0.717) is 18.9 Å². The predicted molar refractivity (Wildman–Crippen MR) is 67.5 cm³/mol. The quantitative estimate of drug-likeness (QED) is 0.808. The lowest BCUT2D eigenvalue weighted by atomic mass is 9.84. The van der Waals surface area contributed by atoms with E-state index in [-0.39, 0.29) is 29.9 Å². The molecule has 0 aromatic rings. The van der Waals surface area contributed by atoms with Gasteiger partial charge in [0, 0.05) is 6.04 Å². The molecule has 1 aliphatic carbocycles. The molecule has 2 bridgehead atoms. The Labute approximate surface area is 112 Å². The largest absolute Gasteiger partial charge is 0.481 e. The molecule has 2 saturated heterocycles. The van der Waals surface area contributed by atoms with Crippen LogP contribution in [0.2, 0.25) is 0 Å². The van der Waals surface area contributed by atoms with Gasteiger partial charge in [-0.1, -0.05) is 0 Å². The van der Waals surface area contributed by atoms with Crippen molar-refractivity contribution in [1.29, 1.82) is 0 Å². The lowest BCUT2D eigenvalue weighted by molar-refractivity contribution is -0.142. The second-order valence-corrected chi connectivity index (χ2v) is 6.11. The average Bonchev–Trinajstić information content (AvgIpc) is 3.01. The highest BCUT2D eigenvalue weighted by molar-refractivity contribution is 5.80. The van der Waals surface area contributed by atoms with Crippen molar-refractivity contribution in [3.8, 4) is 0 Å². The highest BCUT2D eigenvalue weighted by atomic mass is 16.5. The maximum Gasteiger partial charge on any atom is 0.306 e. The number of carboxylic acids is 1. The van der Waals surface area contributed by atoms with E-state index in [1.54, 1.807) is 0 Å². The van der Waals surface area contributed by atoms with Gasteiger partial charge in [-0.05, 0) is 44.9 Å². The summed E-state index contributed by atoms with van der Waals surface area (Å²) in [6, 6.07) is 0.155. The molecule has 0 aromatic carbocycles. The smallest absolute Gasteiger partial charge is 0.306 e. The van der Waals surface area contributed by atoms with E-state index in [2.05, 4.69) is 5.32 Å². The third-order valence-electron chi connectivity index (χ3n) is 4.87. The van der Waals surface area contributed by atoms with Crippen LogP contribution in [0.3, 0.4) is 0 Å². The van der Waals surface area contributed by atoms with Crippen LogP contribution in [0.1, 0.15) is 44.9 Å². The summed E-state index contributed by atoms with van der Waals surface area (Å²) in [4.78, 5) is 23.1. The van der Waals surface area contributed by atoms with Crippen molar-refractivity contribution < 1.29 is 19.4 Å². The number of nitrogens with one attached hydrogen (secondary N) is 1. The van der Waals surface area contributed by atoms with E-state index in [0.717, 1.165) is 32.1 Å². The van der Waals surface area contributed by atoms with Crippen LogP contribution in [0.4, 0.5) is 0 Å². The summed E-state index contributed by atoms with van der Waals surface area (Å²) in [5.74, 6) is -0.785. The number of hydrogen-bond acceptors (Lipinski definition) is 3. The maximum absolute atomic E-state index is 12.2. The lowest BCUT2D eigenvalue weighted by Crippen LogP contribution is -2.43. The number of ether oxygens (including phenoxy) is 1. The molecule has 0 spiro atoms. The number of fused-ring (bicyclic) bond motifs is 2. The van der Waals surface area contributed by atoms with Crippen LogP contribution in [0.5, 0.6) is 0 Å². The summed E-state index contributed by atoms with van der Waals surface area (Å²) >= 11 is 0. The molecule has 3 fully saturated rings. The van der Waals surface area contributed by atoms with Crippen molar-refractivity contribution in [3.63, 3.8) is 0 Å². The fourth-order valence-electron chi connectivity index (χ4n) is 3.71. The molecular formula is C14H21NO4. The Bertz CT molecular complexity index is 376. The average molecular weight is 267 g/mol. The van der Waals surface area contributed by atoms with Gasteiger partial charge in [0.1, 0.15) is 0 Å². The second-order valence-electron chi connectivity index (χ2n) is 6.11. The zero-order valence-corrected chi connectivity index (χ0v) is 11.0. The summed E-state index contributed by atoms with van der Waals surface area (Å²) in [6.07, 6.45) is 6.30. The number of carboxylic acid groups (broad SMARTS) is 1. The van der Waals surface area contributed by atoms with Gasteiger partial charge in [0.25, 0.3) is 0 Å². The first-order valence-corrected chi connectivity index (χ1v) is 7.32. The molecule has 3 atom stereocenters. The molecule has 106 valence electrons. The standard InChI is InChI=1S/C14H21NO4/c16-13(11-7-10-5-6-12(11)19-10)15-9-3-1-8(2-4-9)14(17)18/h8-12H,1-7H2,(H,15,16)(H,17,18). The zero-order chi connectivity index (χ0) is 13.4. The van der Waals surface area contributed by atoms with Gasteiger partial charge < -0.3 is 15.2 Å². The SMILES string of the molecule is O=C(O)C1CCC(NC(=O)C2CC3CCC2O3)CC1. The van der Waals surface area contributed by atoms with E-state index in [4.69, 9.17) is 9.84 Å². The molecule has 3 unspecified atom stereocenters. The number of aliphatic carboxylic acids is 1. The van der Waals surface area contributed by atoms with Gasteiger partial charge >= 0.3 is 5.97 Å². The Hall–Kier alpha value is -1.10. The van der Waals surface area contributed by atoms with E-state index in [9.17, 15) is 9.59 Å². The molecule has 2 heterocycles. The minimum Gasteiger partial charge on any atom is -0.481 e. The zero-order valence-electron chi connectivity index (χ0n) is 11.0. The molecule has 3 rings (SSSR count). The van der Waals surface area contributed by atoms with Gasteiger partial charge in [-0.2, -0.15) is 0 Å². The van der Waals surface area contributed by atoms with Crippen molar-refractivity contribution in [2.24, 2.45) is 11.8 Å². The minimum atomic E-state index is -0.703. The highest BCUT2D eigenvalue weighted by Gasteiger charge is 2.44. The predicted octanol–water partition coefficient (Wildman–Crippen LogP) is 1.31. The monoisotopic (exact) mass is 267 g/mol. The van der Waals surface area contributed by atoms with Crippen LogP contribution in [0.25, 0.3) is 0 Å². The maximum atomic E-state index is 12.2. The van der Waals surface area contributed by atoms with Crippen LogP contribution < -0.4 is 5.32 Å². The number of amides is 1. The molecule has 1 amide bonds. The van der Waals surface area contributed by atoms with Crippen LogP contribution in [0.15, 0.2) is 0 Å². The minimum absolute atomic E-state index is 0.0240. The van der Waals surface area contributed by atoms with E-state index in [1.165, 1.54) is 0 Å². The first-order valence-electron chi connectivity index (χ1n) is 7.32. The molecule has 5 heteroatoms. The van der Waals surface area contributed by atoms with Crippen molar-refractivity contribution >= 4 is 11.9 Å². The van der Waals surface area contributed by atoms with Crippen LogP contribution >= 0.6 is 0 Å². The Morgan fingerprint density at radius 2 is 1.79 bits per heavy atom. The summed E-state index contributed by atoms with van der Waals surface area (Å²) in [6.45, 7) is 0. The van der Waals surface area contributed by atoms with Gasteiger partial charge in [0.05, 0.1) is 24.0 Å². The number of hydrogen-bond donors (Lipinski definition) is 2. The van der Waals surface area contributed by atoms with Gasteiger partial charge in [0.15, 0.2) is 0 Å². The van der Waals surface area contributed by atoms with E-state index in [1.807, 2.05) is 0 Å². The van der Waals surface area contributed by atoms with Crippen LogP contribution in [-0.2, 0) is 14.3 Å². The van der Waals surface area contributed by atoms with E-state index < -0.39 is 5.97 Å². The summed E-state index contributed by atoms with van der Waals surface area (Å²) < 4.78 is 5.71. The number of carbonyl (C=O) groups is 2. The Kier molecular flexibility index (Phi) is 3.48. The first-order chi connectivity index (χ1) is 9.13. The Morgan fingerprint density at radius 1 is 1.05 bits per heavy atom. The van der Waals surface area contributed by atoms with Gasteiger partial charge in [-0.15, -0.1) is 0 Å². The fraction of sp³-hybridized carbons (Fsp3) is 0.857. The van der Waals surface area contributed by atoms with Crippen molar-refractivity contribution in [1.82, 2.24) is 5.32 Å². The van der Waals surface area contributed by atoms with Gasteiger partial charge in [-0.3, -0.25) is 9.59 Å². The third kappa shape index (κ3) is 2.61. The van der Waals surface area contributed by atoms with Crippen LogP contribution in [0, 0.1) is 11.8 Å². The summed E-state index contributed by atoms with van der Waals surface area (Å²) in [7, 11) is 0. The molecule has 2 N–H and O–H groups in total. The highest BCUT2D eigenvalue weighted by Crippen LogP contribution is 2.39. The van der Waals surface area contributed by atoms with Crippen LogP contribution in [-0.4, -0.2) is 35.2 Å². The summed E-state index contributed by atoms with van der Waals surface area (Å²) in [5.41, 5.74) is 0. The number of carbonyl (C=O) groups excluding carboxylic acids is 1. The molecular weight excluding hydrogens is 246 g/mol. The van der Waals surface area contributed by atoms with Crippen molar-refractivity contribution in [3.05, 3.63) is 0 Å². The molecule has 0 aromatic heterocycles. The van der Waals surface area contributed by atoms with Gasteiger partial charge in [-0.25, -0.2) is 0 Å². The molecule has 2 aliphatic heterocycles. The van der Waals surface area contributed by atoms with Gasteiger partial charge in [0.2, 0.25) is 5.91 Å². The van der Waals surface area contributed by atoms with E-state index >= 15 is 0 Å². The first kappa shape index (κ1) is 12.9. The molecule has 1 saturated carbocycles. The van der Waals surface area contributed by atoms with Crippen molar-refractivity contribution in [2.45, 2.75) is 63.2 Å². The molecule has 0 radical (unpaired) electrons.